The summed E-state index contributed by atoms with van der Waals surface area (Å²) in [5, 5.41) is 3.15. The van der Waals surface area contributed by atoms with Gasteiger partial charge in [-0.25, -0.2) is 0 Å². The molecule has 86 valence electrons. The molecule has 3 heteroatoms. The molecule has 1 rings (SSSR count). The summed E-state index contributed by atoms with van der Waals surface area (Å²) in [4.78, 5) is 10.8. The number of esters is 1. The maximum absolute atomic E-state index is 10.8. The van der Waals surface area contributed by atoms with Crippen molar-refractivity contribution in [2.45, 2.75) is 6.42 Å². The first-order valence-corrected chi connectivity index (χ1v) is 5.24. The van der Waals surface area contributed by atoms with Crippen LogP contribution in [0.4, 0.5) is 0 Å². The van der Waals surface area contributed by atoms with Gasteiger partial charge in [-0.05, 0) is 11.1 Å². The lowest BCUT2D eigenvalue weighted by Gasteiger charge is -2.07. The molecular weight excluding hydrogens is 202 g/mol. The second kappa shape index (κ2) is 6.80. The molecular formula is C13H17NO2. The van der Waals surface area contributed by atoms with Gasteiger partial charge in [0.1, 0.15) is 0 Å². The zero-order valence-corrected chi connectivity index (χ0v) is 9.53. The summed E-state index contributed by atoms with van der Waals surface area (Å²) in [5.41, 5.74) is 2.14. The number of hydrogen-bond donors (Lipinski definition) is 1. The van der Waals surface area contributed by atoms with Gasteiger partial charge >= 0.3 is 5.97 Å². The number of carbonyl (C=O) groups is 1. The number of nitrogens with one attached hydrogen (secondary N) is 1. The minimum Gasteiger partial charge on any atom is -0.469 e. The zero-order valence-electron chi connectivity index (χ0n) is 9.53. The predicted octanol–water partition coefficient (Wildman–Crippen LogP) is 1.85. The predicted molar refractivity (Wildman–Crippen MR) is 65.0 cm³/mol. The Hall–Kier alpha value is -1.61. The Labute approximate surface area is 96.1 Å². The monoisotopic (exact) mass is 219 g/mol. The molecule has 0 aliphatic carbocycles. The summed E-state index contributed by atoms with van der Waals surface area (Å²) >= 11 is 0. The molecule has 0 unspecified atom stereocenters. The first-order valence-electron chi connectivity index (χ1n) is 5.24. The largest absolute Gasteiger partial charge is 0.469 e. The van der Waals surface area contributed by atoms with Crippen LogP contribution in [0, 0.1) is 0 Å². The molecule has 0 spiro atoms. The number of carbonyl (C=O) groups excluding carboxylic acids is 1. The lowest BCUT2D eigenvalue weighted by Crippen LogP contribution is -2.20. The van der Waals surface area contributed by atoms with Gasteiger partial charge in [0.05, 0.1) is 13.5 Å². The standard InChI is InChI=1S/C13H17NO2/c1-11(12-6-4-3-5-7-12)10-14-9-8-13(15)16-2/h3-7,14H,1,8-10H2,2H3. The highest BCUT2D eigenvalue weighted by Gasteiger charge is 2.00. The van der Waals surface area contributed by atoms with Crippen molar-refractivity contribution in [3.05, 3.63) is 42.5 Å². The van der Waals surface area contributed by atoms with E-state index >= 15 is 0 Å². The molecule has 3 nitrogen and oxygen atoms in total. The molecule has 0 bridgehead atoms. The number of hydrogen-bond acceptors (Lipinski definition) is 3. The van der Waals surface area contributed by atoms with Crippen LogP contribution in [0.5, 0.6) is 0 Å². The van der Waals surface area contributed by atoms with Crippen molar-refractivity contribution < 1.29 is 9.53 Å². The molecule has 1 N–H and O–H groups in total. The van der Waals surface area contributed by atoms with E-state index in [9.17, 15) is 4.79 Å². The van der Waals surface area contributed by atoms with Gasteiger partial charge in [0.15, 0.2) is 0 Å². The molecule has 0 amide bonds. The lowest BCUT2D eigenvalue weighted by molar-refractivity contribution is -0.140. The first kappa shape index (κ1) is 12.5. The summed E-state index contributed by atoms with van der Waals surface area (Å²) in [6.07, 6.45) is 0.387. The van der Waals surface area contributed by atoms with Crippen molar-refractivity contribution in [3.63, 3.8) is 0 Å². The first-order chi connectivity index (χ1) is 7.74. The van der Waals surface area contributed by atoms with Crippen LogP contribution in [-0.4, -0.2) is 26.2 Å². The maximum atomic E-state index is 10.8. The Balaban J connectivity index is 2.24. The van der Waals surface area contributed by atoms with Crippen LogP contribution >= 0.6 is 0 Å². The van der Waals surface area contributed by atoms with E-state index in [4.69, 9.17) is 0 Å². The van der Waals surface area contributed by atoms with Gasteiger partial charge in [-0.1, -0.05) is 36.9 Å². The fraction of sp³-hybridized carbons (Fsp3) is 0.308. The lowest BCUT2D eigenvalue weighted by atomic mass is 10.1. The summed E-state index contributed by atoms with van der Waals surface area (Å²) < 4.78 is 4.54. The van der Waals surface area contributed by atoms with Gasteiger partial charge in [-0.15, -0.1) is 0 Å². The Bertz CT molecular complexity index is 346. The molecule has 0 atom stereocenters. The highest BCUT2D eigenvalue weighted by molar-refractivity contribution is 5.69. The molecule has 0 aliphatic rings. The smallest absolute Gasteiger partial charge is 0.306 e. The molecule has 1 aromatic carbocycles. The third kappa shape index (κ3) is 4.28. The molecule has 0 saturated carbocycles. The maximum Gasteiger partial charge on any atom is 0.306 e. The van der Waals surface area contributed by atoms with E-state index < -0.39 is 0 Å². The van der Waals surface area contributed by atoms with Crippen LogP contribution in [0.15, 0.2) is 36.9 Å². The van der Waals surface area contributed by atoms with E-state index in [0.29, 0.717) is 19.5 Å². The molecule has 0 saturated heterocycles. The summed E-state index contributed by atoms with van der Waals surface area (Å²) in [5.74, 6) is -0.196. The number of benzene rings is 1. The number of methoxy groups -OCH3 is 1. The minimum absolute atomic E-state index is 0.196. The third-order valence-electron chi connectivity index (χ3n) is 2.25. The molecule has 0 heterocycles. The third-order valence-corrected chi connectivity index (χ3v) is 2.25. The van der Waals surface area contributed by atoms with E-state index in [2.05, 4.69) is 16.6 Å². The van der Waals surface area contributed by atoms with Crippen LogP contribution in [0.1, 0.15) is 12.0 Å². The van der Waals surface area contributed by atoms with Crippen molar-refractivity contribution in [1.82, 2.24) is 5.32 Å². The highest BCUT2D eigenvalue weighted by Crippen LogP contribution is 2.09. The van der Waals surface area contributed by atoms with E-state index in [1.54, 1.807) is 0 Å². The second-order valence-corrected chi connectivity index (χ2v) is 3.47. The normalized spacial score (nSPS) is 9.81. The second-order valence-electron chi connectivity index (χ2n) is 3.47. The molecule has 0 aromatic heterocycles. The average Bonchev–Trinajstić information content (AvgIpc) is 2.35. The number of ether oxygens (including phenoxy) is 1. The average molecular weight is 219 g/mol. The number of rotatable bonds is 6. The molecule has 0 fully saturated rings. The van der Waals surface area contributed by atoms with Crippen molar-refractivity contribution in [2.24, 2.45) is 0 Å². The van der Waals surface area contributed by atoms with Crippen molar-refractivity contribution in [3.8, 4) is 0 Å². The van der Waals surface area contributed by atoms with Crippen LogP contribution in [0.3, 0.4) is 0 Å². The van der Waals surface area contributed by atoms with E-state index in [0.717, 1.165) is 11.1 Å². The summed E-state index contributed by atoms with van der Waals surface area (Å²) in [7, 11) is 1.39. The van der Waals surface area contributed by atoms with Crippen molar-refractivity contribution >= 4 is 11.5 Å². The molecule has 16 heavy (non-hydrogen) atoms. The highest BCUT2D eigenvalue weighted by atomic mass is 16.5. The van der Waals surface area contributed by atoms with Gasteiger partial charge in [0, 0.05) is 13.1 Å². The molecule has 0 radical (unpaired) electrons. The van der Waals surface area contributed by atoms with E-state index in [1.165, 1.54) is 7.11 Å². The fourth-order valence-corrected chi connectivity index (χ4v) is 1.31. The SMILES string of the molecule is C=C(CNCCC(=O)OC)c1ccccc1. The van der Waals surface area contributed by atoms with Gasteiger partial charge in [0.2, 0.25) is 0 Å². The molecule has 1 aromatic rings. The minimum atomic E-state index is -0.196. The van der Waals surface area contributed by atoms with Crippen LogP contribution in [0.2, 0.25) is 0 Å². The Morgan fingerprint density at radius 3 is 2.69 bits per heavy atom. The summed E-state index contributed by atoms with van der Waals surface area (Å²) in [6.45, 7) is 5.27. The van der Waals surface area contributed by atoms with Crippen LogP contribution in [0.25, 0.3) is 5.57 Å². The topological polar surface area (TPSA) is 38.3 Å². The zero-order chi connectivity index (χ0) is 11.8. The van der Waals surface area contributed by atoms with E-state index in [-0.39, 0.29) is 5.97 Å². The van der Waals surface area contributed by atoms with Gasteiger partial charge in [0.25, 0.3) is 0 Å². The molecule has 0 aliphatic heterocycles. The fourth-order valence-electron chi connectivity index (χ4n) is 1.31. The quantitative estimate of drug-likeness (QED) is 0.586. The van der Waals surface area contributed by atoms with Crippen molar-refractivity contribution in [1.29, 1.82) is 0 Å². The Morgan fingerprint density at radius 2 is 2.06 bits per heavy atom. The van der Waals surface area contributed by atoms with Gasteiger partial charge in [-0.3, -0.25) is 4.79 Å². The van der Waals surface area contributed by atoms with Crippen LogP contribution < -0.4 is 5.32 Å². The summed E-state index contributed by atoms with van der Waals surface area (Å²) in [6, 6.07) is 9.97. The van der Waals surface area contributed by atoms with Gasteiger partial charge in [-0.2, -0.15) is 0 Å². The Kier molecular flexibility index (Phi) is 5.29. The van der Waals surface area contributed by atoms with E-state index in [1.807, 2.05) is 30.3 Å². The van der Waals surface area contributed by atoms with Crippen LogP contribution in [-0.2, 0) is 9.53 Å². The van der Waals surface area contributed by atoms with Crippen molar-refractivity contribution in [2.75, 3.05) is 20.2 Å². The Morgan fingerprint density at radius 1 is 1.38 bits per heavy atom. The van der Waals surface area contributed by atoms with Gasteiger partial charge < -0.3 is 10.1 Å².